The number of aliphatic carboxylic acids is 1. The lowest BCUT2D eigenvalue weighted by Gasteiger charge is -2.35. The third kappa shape index (κ3) is 4.61. The number of nitrogens with zero attached hydrogens (tertiary/aromatic N) is 1. The molecule has 1 aliphatic rings. The van der Waals surface area contributed by atoms with E-state index in [1.165, 1.54) is 23.1 Å². The van der Waals surface area contributed by atoms with Gasteiger partial charge in [-0.15, -0.1) is 0 Å². The minimum absolute atomic E-state index is 0.260. The highest BCUT2D eigenvalue weighted by Gasteiger charge is 2.45. The Kier molecular flexibility index (Phi) is 5.86. The first-order chi connectivity index (χ1) is 11.7. The molecule has 1 unspecified atom stereocenters. The Labute approximate surface area is 141 Å². The number of hydrogen-bond donors (Lipinski definition) is 1. The second kappa shape index (κ2) is 7.71. The number of benzene rings is 1. The van der Waals surface area contributed by atoms with E-state index in [4.69, 9.17) is 5.11 Å². The highest BCUT2D eigenvalue weighted by atomic mass is 19.3. The normalized spacial score (nSPS) is 18.3. The van der Waals surface area contributed by atoms with Crippen LogP contribution in [0.4, 0.5) is 17.6 Å². The molecule has 0 radical (unpaired) electrons. The number of carboxylic acid groups (broad SMARTS) is 1. The lowest BCUT2D eigenvalue weighted by atomic mass is 9.98. The van der Waals surface area contributed by atoms with Crippen LogP contribution in [0.3, 0.4) is 0 Å². The smallest absolute Gasteiger partial charge is 0.461 e. The van der Waals surface area contributed by atoms with Gasteiger partial charge in [0.2, 0.25) is 0 Å². The van der Waals surface area contributed by atoms with Crippen LogP contribution in [0.15, 0.2) is 24.3 Å². The van der Waals surface area contributed by atoms with Gasteiger partial charge in [0.05, 0.1) is 12.0 Å². The van der Waals surface area contributed by atoms with E-state index in [1.54, 1.807) is 0 Å². The number of carbonyl (C=O) groups is 2. The molecular formula is C16H17F4NO4. The molecule has 0 bridgehead atoms. The van der Waals surface area contributed by atoms with E-state index in [2.05, 4.69) is 4.74 Å². The molecule has 0 saturated carbocycles. The van der Waals surface area contributed by atoms with Gasteiger partial charge in [0.15, 0.2) is 0 Å². The third-order valence-electron chi connectivity index (χ3n) is 3.92. The SMILES string of the molecule is O=C(O)CC1CCCCN1C(=O)c1ccccc1OC(F)(F)C(F)F. The summed E-state index contributed by atoms with van der Waals surface area (Å²) in [5, 5.41) is 8.96. The van der Waals surface area contributed by atoms with Crippen LogP contribution in [0.2, 0.25) is 0 Å². The highest BCUT2D eigenvalue weighted by molar-refractivity contribution is 5.97. The van der Waals surface area contributed by atoms with Crippen LogP contribution >= 0.6 is 0 Å². The summed E-state index contributed by atoms with van der Waals surface area (Å²) in [6.07, 6.45) is -7.22. The molecule has 1 aromatic rings. The maximum atomic E-state index is 13.2. The Morgan fingerprint density at radius 1 is 1.28 bits per heavy atom. The van der Waals surface area contributed by atoms with Gasteiger partial charge in [0.25, 0.3) is 5.91 Å². The number of alkyl halides is 4. The number of halogens is 4. The fraction of sp³-hybridized carbons (Fsp3) is 0.500. The summed E-state index contributed by atoms with van der Waals surface area (Å²) in [7, 11) is 0. The summed E-state index contributed by atoms with van der Waals surface area (Å²) in [4.78, 5) is 24.9. The highest BCUT2D eigenvalue weighted by Crippen LogP contribution is 2.31. The molecule has 1 amide bonds. The van der Waals surface area contributed by atoms with Crippen LogP contribution in [-0.2, 0) is 4.79 Å². The maximum Gasteiger partial charge on any atom is 0.461 e. The van der Waals surface area contributed by atoms with E-state index in [1.807, 2.05) is 0 Å². The number of ether oxygens (including phenoxy) is 1. The van der Waals surface area contributed by atoms with E-state index in [9.17, 15) is 27.2 Å². The molecule has 0 aliphatic carbocycles. The van der Waals surface area contributed by atoms with E-state index in [0.29, 0.717) is 12.8 Å². The van der Waals surface area contributed by atoms with Gasteiger partial charge < -0.3 is 14.7 Å². The number of carbonyl (C=O) groups excluding carboxylic acids is 1. The Morgan fingerprint density at radius 2 is 1.96 bits per heavy atom. The number of amides is 1. The van der Waals surface area contributed by atoms with Crippen molar-refractivity contribution in [2.75, 3.05) is 6.54 Å². The fourth-order valence-electron chi connectivity index (χ4n) is 2.76. The lowest BCUT2D eigenvalue weighted by Crippen LogP contribution is -2.45. The van der Waals surface area contributed by atoms with E-state index in [-0.39, 0.29) is 18.5 Å². The summed E-state index contributed by atoms with van der Waals surface area (Å²) in [6, 6.07) is 4.27. The number of piperidine rings is 1. The standard InChI is InChI=1S/C16H17F4NO4/c17-15(18)16(19,20)25-12-7-2-1-6-11(12)14(24)21-8-4-3-5-10(21)9-13(22)23/h1-2,6-7,10,15H,3-5,8-9H2,(H,22,23). The second-order valence-electron chi connectivity index (χ2n) is 5.71. The van der Waals surface area contributed by atoms with Crippen molar-refractivity contribution in [3.05, 3.63) is 29.8 Å². The lowest BCUT2D eigenvalue weighted by molar-refractivity contribution is -0.253. The molecule has 0 aromatic heterocycles. The average Bonchev–Trinajstić information content (AvgIpc) is 2.54. The molecule has 1 saturated heterocycles. The van der Waals surface area contributed by atoms with Crippen molar-refractivity contribution in [3.63, 3.8) is 0 Å². The van der Waals surface area contributed by atoms with Crippen molar-refractivity contribution in [2.45, 2.75) is 44.3 Å². The van der Waals surface area contributed by atoms with Crippen LogP contribution in [0.1, 0.15) is 36.0 Å². The Balaban J connectivity index is 2.28. The van der Waals surface area contributed by atoms with Crippen molar-refractivity contribution in [3.8, 4) is 5.75 Å². The monoisotopic (exact) mass is 363 g/mol. The molecule has 1 heterocycles. The molecule has 1 fully saturated rings. The number of likely N-dealkylation sites (tertiary alicyclic amines) is 1. The van der Waals surface area contributed by atoms with Crippen molar-refractivity contribution in [1.29, 1.82) is 0 Å². The zero-order valence-electron chi connectivity index (χ0n) is 13.1. The van der Waals surface area contributed by atoms with Crippen LogP contribution in [0.25, 0.3) is 0 Å². The summed E-state index contributed by atoms with van der Waals surface area (Å²) < 4.78 is 55.2. The van der Waals surface area contributed by atoms with Crippen molar-refractivity contribution >= 4 is 11.9 Å². The first-order valence-electron chi connectivity index (χ1n) is 7.69. The number of rotatable bonds is 6. The molecule has 2 rings (SSSR count). The largest absolute Gasteiger partial charge is 0.481 e. The van der Waals surface area contributed by atoms with Gasteiger partial charge in [0.1, 0.15) is 5.75 Å². The van der Waals surface area contributed by atoms with E-state index >= 15 is 0 Å². The van der Waals surface area contributed by atoms with Gasteiger partial charge in [0, 0.05) is 12.6 Å². The minimum atomic E-state index is -4.74. The summed E-state index contributed by atoms with van der Waals surface area (Å²) in [5.41, 5.74) is -0.305. The van der Waals surface area contributed by atoms with E-state index < -0.39 is 36.2 Å². The van der Waals surface area contributed by atoms with Crippen LogP contribution in [-0.4, -0.2) is 47.0 Å². The molecule has 1 N–H and O–H groups in total. The average molecular weight is 363 g/mol. The molecule has 1 aromatic carbocycles. The molecule has 9 heteroatoms. The van der Waals surface area contributed by atoms with Crippen molar-refractivity contribution in [2.24, 2.45) is 0 Å². The van der Waals surface area contributed by atoms with Gasteiger partial charge in [-0.05, 0) is 31.4 Å². The Bertz CT molecular complexity index is 638. The first kappa shape index (κ1) is 19.0. The van der Waals surface area contributed by atoms with Gasteiger partial charge in [-0.3, -0.25) is 9.59 Å². The summed E-state index contributed by atoms with van der Waals surface area (Å²) in [6.45, 7) is 0.260. The second-order valence-corrected chi connectivity index (χ2v) is 5.71. The number of carboxylic acids is 1. The maximum absolute atomic E-state index is 13.2. The van der Waals surface area contributed by atoms with Gasteiger partial charge in [-0.1, -0.05) is 12.1 Å². The molecule has 5 nitrogen and oxygen atoms in total. The van der Waals surface area contributed by atoms with Crippen LogP contribution in [0, 0.1) is 0 Å². The van der Waals surface area contributed by atoms with Gasteiger partial charge >= 0.3 is 18.5 Å². The third-order valence-corrected chi connectivity index (χ3v) is 3.92. The molecule has 138 valence electrons. The zero-order valence-corrected chi connectivity index (χ0v) is 13.1. The Morgan fingerprint density at radius 3 is 2.60 bits per heavy atom. The zero-order chi connectivity index (χ0) is 18.6. The van der Waals surface area contributed by atoms with Crippen molar-refractivity contribution < 1.29 is 37.0 Å². The summed E-state index contributed by atoms with van der Waals surface area (Å²) in [5.74, 6) is -2.47. The molecular weight excluding hydrogens is 346 g/mol. The number of para-hydroxylation sites is 1. The van der Waals surface area contributed by atoms with Crippen LogP contribution in [0.5, 0.6) is 5.75 Å². The van der Waals surface area contributed by atoms with Crippen molar-refractivity contribution in [1.82, 2.24) is 4.90 Å². The van der Waals surface area contributed by atoms with E-state index in [0.717, 1.165) is 12.5 Å². The van der Waals surface area contributed by atoms with Gasteiger partial charge in [-0.2, -0.15) is 17.6 Å². The minimum Gasteiger partial charge on any atom is -0.481 e. The molecule has 25 heavy (non-hydrogen) atoms. The number of hydrogen-bond acceptors (Lipinski definition) is 3. The predicted molar refractivity (Wildman–Crippen MR) is 78.9 cm³/mol. The molecule has 1 aliphatic heterocycles. The fourth-order valence-corrected chi connectivity index (χ4v) is 2.76. The Hall–Kier alpha value is -2.32. The van der Waals surface area contributed by atoms with Gasteiger partial charge in [-0.25, -0.2) is 0 Å². The topological polar surface area (TPSA) is 66.8 Å². The molecule has 0 spiro atoms. The quantitative estimate of drug-likeness (QED) is 0.787. The van der Waals surface area contributed by atoms with Crippen LogP contribution < -0.4 is 4.74 Å². The predicted octanol–water partition coefficient (Wildman–Crippen LogP) is 3.39. The summed E-state index contributed by atoms with van der Waals surface area (Å²) >= 11 is 0. The molecule has 1 atom stereocenters. The first-order valence-corrected chi connectivity index (χ1v) is 7.69.